The number of nitrogens with one attached hydrogen (secondary N) is 1. The standard InChI is InChI=1S/C18H18N2O3/c1-12(18(22)23-2)20-15-11-7-6-10-14(15)19-16(17(20)21)13-8-4-3-5-9-13/h3-12,16,19H,1-2H3. The van der Waals surface area contributed by atoms with E-state index in [9.17, 15) is 9.59 Å². The monoisotopic (exact) mass is 310 g/mol. The van der Waals surface area contributed by atoms with Gasteiger partial charge in [-0.3, -0.25) is 9.69 Å². The maximum Gasteiger partial charge on any atom is 0.328 e. The van der Waals surface area contributed by atoms with Crippen molar-refractivity contribution in [2.75, 3.05) is 17.3 Å². The number of nitrogens with zero attached hydrogens (tertiary/aromatic N) is 1. The predicted octanol–water partition coefficient (Wildman–Crippen LogP) is 2.75. The number of carbonyl (C=O) groups excluding carboxylic acids is 2. The van der Waals surface area contributed by atoms with Crippen LogP contribution in [-0.2, 0) is 14.3 Å². The van der Waals surface area contributed by atoms with Gasteiger partial charge >= 0.3 is 5.97 Å². The first-order valence-corrected chi connectivity index (χ1v) is 7.45. The summed E-state index contributed by atoms with van der Waals surface area (Å²) in [6.45, 7) is 1.67. The van der Waals surface area contributed by atoms with Gasteiger partial charge in [-0.15, -0.1) is 0 Å². The van der Waals surface area contributed by atoms with Gasteiger partial charge in [0.15, 0.2) is 0 Å². The number of ether oxygens (including phenoxy) is 1. The van der Waals surface area contributed by atoms with Crippen molar-refractivity contribution in [1.29, 1.82) is 0 Å². The van der Waals surface area contributed by atoms with Crippen molar-refractivity contribution in [2.24, 2.45) is 0 Å². The molecule has 0 aliphatic carbocycles. The van der Waals surface area contributed by atoms with Crippen LogP contribution in [0.3, 0.4) is 0 Å². The number of para-hydroxylation sites is 2. The van der Waals surface area contributed by atoms with Crippen LogP contribution >= 0.6 is 0 Å². The fourth-order valence-electron chi connectivity index (χ4n) is 2.83. The number of rotatable bonds is 3. The highest BCUT2D eigenvalue weighted by Crippen LogP contribution is 2.37. The van der Waals surface area contributed by atoms with Gasteiger partial charge in [0.05, 0.1) is 18.5 Å². The van der Waals surface area contributed by atoms with Crippen molar-refractivity contribution in [3.05, 3.63) is 60.2 Å². The van der Waals surface area contributed by atoms with Crippen molar-refractivity contribution in [1.82, 2.24) is 0 Å². The fourth-order valence-corrected chi connectivity index (χ4v) is 2.83. The van der Waals surface area contributed by atoms with Gasteiger partial charge in [-0.1, -0.05) is 42.5 Å². The molecule has 2 atom stereocenters. The molecular formula is C18H18N2O3. The number of benzene rings is 2. The Morgan fingerprint density at radius 2 is 1.78 bits per heavy atom. The highest BCUT2D eigenvalue weighted by Gasteiger charge is 2.38. The molecule has 0 saturated carbocycles. The van der Waals surface area contributed by atoms with E-state index in [0.29, 0.717) is 5.69 Å². The number of hydrogen-bond donors (Lipinski definition) is 1. The Bertz CT molecular complexity index is 730. The zero-order valence-electron chi connectivity index (χ0n) is 13.0. The molecule has 5 nitrogen and oxygen atoms in total. The Hall–Kier alpha value is -2.82. The fraction of sp³-hybridized carbons (Fsp3) is 0.222. The van der Waals surface area contributed by atoms with Crippen LogP contribution in [-0.4, -0.2) is 25.0 Å². The molecule has 2 unspecified atom stereocenters. The minimum Gasteiger partial charge on any atom is -0.467 e. The van der Waals surface area contributed by atoms with Gasteiger partial charge in [0.2, 0.25) is 0 Å². The summed E-state index contributed by atoms with van der Waals surface area (Å²) in [5.41, 5.74) is 2.35. The lowest BCUT2D eigenvalue weighted by Gasteiger charge is -2.37. The van der Waals surface area contributed by atoms with E-state index in [4.69, 9.17) is 4.74 Å². The molecule has 2 aromatic carbocycles. The number of fused-ring (bicyclic) bond motifs is 1. The number of hydrogen-bond acceptors (Lipinski definition) is 4. The van der Waals surface area contributed by atoms with Gasteiger partial charge in [0, 0.05) is 0 Å². The van der Waals surface area contributed by atoms with Crippen LogP contribution in [0, 0.1) is 0 Å². The second-order valence-corrected chi connectivity index (χ2v) is 5.41. The highest BCUT2D eigenvalue weighted by molar-refractivity contribution is 6.08. The summed E-state index contributed by atoms with van der Waals surface area (Å²) >= 11 is 0. The normalized spacial score (nSPS) is 17.9. The molecule has 0 aromatic heterocycles. The Kier molecular flexibility index (Phi) is 4.02. The number of anilines is 2. The zero-order chi connectivity index (χ0) is 16.4. The Labute approximate surface area is 134 Å². The molecule has 0 bridgehead atoms. The molecule has 1 N–H and O–H groups in total. The van der Waals surface area contributed by atoms with Crippen molar-refractivity contribution in [3.63, 3.8) is 0 Å². The summed E-state index contributed by atoms with van der Waals surface area (Å²) in [7, 11) is 1.33. The largest absolute Gasteiger partial charge is 0.467 e. The number of carbonyl (C=O) groups is 2. The summed E-state index contributed by atoms with van der Waals surface area (Å²) in [6, 6.07) is 15.7. The molecule has 5 heteroatoms. The lowest BCUT2D eigenvalue weighted by molar-refractivity contribution is -0.143. The zero-order valence-corrected chi connectivity index (χ0v) is 13.0. The smallest absolute Gasteiger partial charge is 0.328 e. The molecule has 3 rings (SSSR count). The molecule has 118 valence electrons. The van der Waals surface area contributed by atoms with Crippen LogP contribution in [0.5, 0.6) is 0 Å². The maximum atomic E-state index is 13.0. The Morgan fingerprint density at radius 1 is 1.13 bits per heavy atom. The minimum atomic E-state index is -0.693. The van der Waals surface area contributed by atoms with E-state index in [1.807, 2.05) is 54.6 Å². The molecule has 0 saturated heterocycles. The predicted molar refractivity (Wildman–Crippen MR) is 88.2 cm³/mol. The first-order valence-electron chi connectivity index (χ1n) is 7.45. The summed E-state index contributed by atoms with van der Waals surface area (Å²) in [5, 5.41) is 3.26. The second kappa shape index (κ2) is 6.12. The SMILES string of the molecule is COC(=O)C(C)N1C(=O)C(c2ccccc2)Nc2ccccc21. The van der Waals surface area contributed by atoms with E-state index < -0.39 is 18.1 Å². The molecule has 0 radical (unpaired) electrons. The average Bonchev–Trinajstić information content (AvgIpc) is 2.60. The Balaban J connectivity index is 2.06. The summed E-state index contributed by atoms with van der Waals surface area (Å²) < 4.78 is 4.82. The van der Waals surface area contributed by atoms with Gasteiger partial charge in [-0.2, -0.15) is 0 Å². The molecule has 0 fully saturated rings. The van der Waals surface area contributed by atoms with Crippen LogP contribution in [0.25, 0.3) is 0 Å². The van der Waals surface area contributed by atoms with Crippen molar-refractivity contribution in [2.45, 2.75) is 19.0 Å². The van der Waals surface area contributed by atoms with E-state index in [-0.39, 0.29) is 5.91 Å². The molecule has 23 heavy (non-hydrogen) atoms. The molecule has 1 heterocycles. The van der Waals surface area contributed by atoms with Gasteiger partial charge in [0.25, 0.3) is 5.91 Å². The third-order valence-electron chi connectivity index (χ3n) is 4.01. The number of methoxy groups -OCH3 is 1. The van der Waals surface area contributed by atoms with Gasteiger partial charge in [-0.05, 0) is 24.6 Å². The first-order chi connectivity index (χ1) is 11.1. The highest BCUT2D eigenvalue weighted by atomic mass is 16.5. The first kappa shape index (κ1) is 15.1. The maximum absolute atomic E-state index is 13.0. The number of amides is 1. The van der Waals surface area contributed by atoms with Crippen LogP contribution in [0.1, 0.15) is 18.5 Å². The molecule has 1 aliphatic rings. The van der Waals surface area contributed by atoms with Gasteiger partial charge in [0.1, 0.15) is 12.1 Å². The van der Waals surface area contributed by atoms with E-state index >= 15 is 0 Å². The lowest BCUT2D eigenvalue weighted by atomic mass is 10.00. The van der Waals surface area contributed by atoms with E-state index in [1.54, 1.807) is 6.92 Å². The summed E-state index contributed by atoms with van der Waals surface area (Å²) in [4.78, 5) is 26.5. The third-order valence-corrected chi connectivity index (χ3v) is 4.01. The van der Waals surface area contributed by atoms with E-state index in [0.717, 1.165) is 11.3 Å². The molecule has 1 aliphatic heterocycles. The van der Waals surface area contributed by atoms with Gasteiger partial charge < -0.3 is 10.1 Å². The molecule has 0 spiro atoms. The summed E-state index contributed by atoms with van der Waals surface area (Å²) in [6.07, 6.45) is 0. The van der Waals surface area contributed by atoms with Crippen LogP contribution in [0.4, 0.5) is 11.4 Å². The van der Waals surface area contributed by atoms with E-state index in [2.05, 4.69) is 5.32 Å². The topological polar surface area (TPSA) is 58.6 Å². The van der Waals surface area contributed by atoms with Crippen molar-refractivity contribution in [3.8, 4) is 0 Å². The lowest BCUT2D eigenvalue weighted by Crippen LogP contribution is -2.50. The molecular weight excluding hydrogens is 292 g/mol. The molecule has 2 aromatic rings. The second-order valence-electron chi connectivity index (χ2n) is 5.41. The quantitative estimate of drug-likeness (QED) is 0.886. The minimum absolute atomic E-state index is 0.173. The van der Waals surface area contributed by atoms with Crippen LogP contribution in [0.15, 0.2) is 54.6 Å². The van der Waals surface area contributed by atoms with Crippen molar-refractivity contribution < 1.29 is 14.3 Å². The molecule has 1 amide bonds. The van der Waals surface area contributed by atoms with Crippen LogP contribution < -0.4 is 10.2 Å². The summed E-state index contributed by atoms with van der Waals surface area (Å²) in [5.74, 6) is -0.616. The van der Waals surface area contributed by atoms with Crippen LogP contribution in [0.2, 0.25) is 0 Å². The Morgan fingerprint density at radius 3 is 2.48 bits per heavy atom. The third kappa shape index (κ3) is 2.65. The number of esters is 1. The van der Waals surface area contributed by atoms with Gasteiger partial charge in [-0.25, -0.2) is 4.79 Å². The van der Waals surface area contributed by atoms with E-state index in [1.165, 1.54) is 12.0 Å². The average molecular weight is 310 g/mol. The van der Waals surface area contributed by atoms with Crippen molar-refractivity contribution >= 4 is 23.3 Å².